The molecule has 0 spiro atoms. The maximum atomic E-state index is 13.3. The normalized spacial score (nSPS) is 10.9. The van der Waals surface area contributed by atoms with Crippen LogP contribution in [0.25, 0.3) is 28.2 Å². The molecule has 3 aromatic carbocycles. The number of rotatable bonds is 3. The number of hydrogen-bond acceptors (Lipinski definition) is 1. The highest BCUT2D eigenvalue weighted by Gasteiger charge is 2.15. The van der Waals surface area contributed by atoms with Crippen molar-refractivity contribution in [3.8, 4) is 28.2 Å². The lowest BCUT2D eigenvalue weighted by atomic mass is 10.1. The first-order chi connectivity index (χ1) is 12.6. The Morgan fingerprint density at radius 3 is 1.92 bits per heavy atom. The molecule has 4 aromatic rings. The summed E-state index contributed by atoms with van der Waals surface area (Å²) in [7, 11) is 0. The first-order valence-corrected chi connectivity index (χ1v) is 8.36. The number of halogens is 3. The summed E-state index contributed by atoms with van der Waals surface area (Å²) in [5.41, 5.74) is 3.72. The lowest BCUT2D eigenvalue weighted by Gasteiger charge is -2.09. The van der Waals surface area contributed by atoms with Crippen LogP contribution in [0.1, 0.15) is 0 Å². The second-order valence-corrected chi connectivity index (χ2v) is 6.20. The van der Waals surface area contributed by atoms with E-state index in [0.717, 1.165) is 16.8 Å². The second kappa shape index (κ2) is 6.73. The molecule has 0 N–H and O–H groups in total. The van der Waals surface area contributed by atoms with Gasteiger partial charge >= 0.3 is 0 Å². The number of para-hydroxylation sites is 1. The Bertz CT molecular complexity index is 1050. The van der Waals surface area contributed by atoms with Gasteiger partial charge in [-0.3, -0.25) is 0 Å². The van der Waals surface area contributed by atoms with Gasteiger partial charge in [-0.05, 0) is 66.7 Å². The first kappa shape index (κ1) is 16.5. The SMILES string of the molecule is Fc1ccc(-c2cc(-c3ccc(F)cc3)n(-c3ccccc3Cl)n2)cc1. The van der Waals surface area contributed by atoms with Gasteiger partial charge in [0.05, 0.1) is 22.1 Å². The van der Waals surface area contributed by atoms with Crippen LogP contribution in [-0.4, -0.2) is 9.78 Å². The third kappa shape index (κ3) is 3.11. The molecule has 0 saturated heterocycles. The maximum Gasteiger partial charge on any atom is 0.123 e. The monoisotopic (exact) mass is 366 g/mol. The van der Waals surface area contributed by atoms with E-state index in [0.29, 0.717) is 16.4 Å². The van der Waals surface area contributed by atoms with Crippen molar-refractivity contribution in [1.29, 1.82) is 0 Å². The molecule has 0 unspecified atom stereocenters. The average Bonchev–Trinajstić information content (AvgIpc) is 3.08. The topological polar surface area (TPSA) is 17.8 Å². The number of benzene rings is 3. The summed E-state index contributed by atoms with van der Waals surface area (Å²) in [6.45, 7) is 0. The molecule has 0 aliphatic rings. The van der Waals surface area contributed by atoms with Gasteiger partial charge in [0.15, 0.2) is 0 Å². The van der Waals surface area contributed by atoms with Crippen LogP contribution in [0.5, 0.6) is 0 Å². The molecular weight excluding hydrogens is 354 g/mol. The van der Waals surface area contributed by atoms with Crippen molar-refractivity contribution < 1.29 is 8.78 Å². The molecule has 0 aliphatic carbocycles. The molecule has 0 saturated carbocycles. The molecule has 0 radical (unpaired) electrons. The highest BCUT2D eigenvalue weighted by atomic mass is 35.5. The van der Waals surface area contributed by atoms with Gasteiger partial charge in [-0.1, -0.05) is 23.7 Å². The van der Waals surface area contributed by atoms with Gasteiger partial charge in [0, 0.05) is 11.1 Å². The summed E-state index contributed by atoms with van der Waals surface area (Å²) in [6, 6.07) is 21.5. The second-order valence-electron chi connectivity index (χ2n) is 5.79. The fourth-order valence-electron chi connectivity index (χ4n) is 2.78. The largest absolute Gasteiger partial charge is 0.231 e. The van der Waals surface area contributed by atoms with Crippen LogP contribution in [0.2, 0.25) is 5.02 Å². The predicted octanol–water partition coefficient (Wildman–Crippen LogP) is 6.14. The van der Waals surface area contributed by atoms with Crippen molar-refractivity contribution in [3.05, 3.63) is 95.5 Å². The Hall–Kier alpha value is -2.98. The third-order valence-corrected chi connectivity index (χ3v) is 4.39. The molecule has 0 amide bonds. The molecule has 1 aromatic heterocycles. The summed E-state index contributed by atoms with van der Waals surface area (Å²) >= 11 is 6.35. The lowest BCUT2D eigenvalue weighted by Crippen LogP contribution is -2.00. The summed E-state index contributed by atoms with van der Waals surface area (Å²) in [6.07, 6.45) is 0. The summed E-state index contributed by atoms with van der Waals surface area (Å²) < 4.78 is 28.3. The number of aromatic nitrogens is 2. The number of hydrogen-bond donors (Lipinski definition) is 0. The van der Waals surface area contributed by atoms with Crippen LogP contribution in [0.15, 0.2) is 78.9 Å². The molecular formula is C21H13ClF2N2. The van der Waals surface area contributed by atoms with E-state index in [1.54, 1.807) is 35.0 Å². The summed E-state index contributed by atoms with van der Waals surface area (Å²) in [5, 5.41) is 5.20. The molecule has 1 heterocycles. The quantitative estimate of drug-likeness (QED) is 0.426. The van der Waals surface area contributed by atoms with E-state index in [2.05, 4.69) is 5.10 Å². The molecule has 4 rings (SSSR count). The van der Waals surface area contributed by atoms with Crippen LogP contribution in [0.4, 0.5) is 8.78 Å². The zero-order valence-electron chi connectivity index (χ0n) is 13.5. The van der Waals surface area contributed by atoms with E-state index in [-0.39, 0.29) is 11.6 Å². The summed E-state index contributed by atoms with van der Waals surface area (Å²) in [5.74, 6) is -0.616. The Labute approximate surface area is 154 Å². The van der Waals surface area contributed by atoms with Gasteiger partial charge in [-0.2, -0.15) is 5.10 Å². The molecule has 128 valence electrons. The van der Waals surface area contributed by atoms with E-state index < -0.39 is 0 Å². The highest BCUT2D eigenvalue weighted by molar-refractivity contribution is 6.32. The van der Waals surface area contributed by atoms with Crippen LogP contribution < -0.4 is 0 Å². The average molecular weight is 367 g/mol. The molecule has 5 heteroatoms. The van der Waals surface area contributed by atoms with E-state index >= 15 is 0 Å². The van der Waals surface area contributed by atoms with Crippen molar-refractivity contribution in [2.75, 3.05) is 0 Å². The molecule has 0 bridgehead atoms. The molecule has 0 fully saturated rings. The van der Waals surface area contributed by atoms with Crippen molar-refractivity contribution in [1.82, 2.24) is 9.78 Å². The lowest BCUT2D eigenvalue weighted by molar-refractivity contribution is 0.627. The van der Waals surface area contributed by atoms with E-state index in [1.807, 2.05) is 24.3 Å². The standard InChI is InChI=1S/C21H13ClF2N2/c22-18-3-1-2-4-20(18)26-21(15-7-11-17(24)12-8-15)13-19(25-26)14-5-9-16(23)10-6-14/h1-13H. The van der Waals surface area contributed by atoms with E-state index in [1.165, 1.54) is 24.3 Å². The zero-order chi connectivity index (χ0) is 18.1. The van der Waals surface area contributed by atoms with Crippen molar-refractivity contribution >= 4 is 11.6 Å². The molecule has 0 atom stereocenters. The fourth-order valence-corrected chi connectivity index (χ4v) is 2.99. The van der Waals surface area contributed by atoms with Gasteiger partial charge in [0.25, 0.3) is 0 Å². The molecule has 26 heavy (non-hydrogen) atoms. The van der Waals surface area contributed by atoms with Crippen LogP contribution >= 0.6 is 11.6 Å². The smallest absolute Gasteiger partial charge is 0.123 e. The van der Waals surface area contributed by atoms with Crippen molar-refractivity contribution in [2.24, 2.45) is 0 Å². The first-order valence-electron chi connectivity index (χ1n) is 7.99. The number of nitrogens with zero attached hydrogens (tertiary/aromatic N) is 2. The maximum absolute atomic E-state index is 13.3. The summed E-state index contributed by atoms with van der Waals surface area (Å²) in [4.78, 5) is 0. The Kier molecular flexibility index (Phi) is 4.27. The van der Waals surface area contributed by atoms with Crippen LogP contribution in [0, 0.1) is 11.6 Å². The predicted molar refractivity (Wildman–Crippen MR) is 99.4 cm³/mol. The van der Waals surface area contributed by atoms with Crippen LogP contribution in [-0.2, 0) is 0 Å². The van der Waals surface area contributed by atoms with Crippen LogP contribution in [0.3, 0.4) is 0 Å². The van der Waals surface area contributed by atoms with Crippen molar-refractivity contribution in [2.45, 2.75) is 0 Å². The van der Waals surface area contributed by atoms with Gasteiger partial charge in [0.2, 0.25) is 0 Å². The van der Waals surface area contributed by atoms with Crippen molar-refractivity contribution in [3.63, 3.8) is 0 Å². The van der Waals surface area contributed by atoms with E-state index in [4.69, 9.17) is 11.6 Å². The van der Waals surface area contributed by atoms with E-state index in [9.17, 15) is 8.78 Å². The Morgan fingerprint density at radius 2 is 1.31 bits per heavy atom. The van der Waals surface area contributed by atoms with Gasteiger partial charge in [0.1, 0.15) is 11.6 Å². The zero-order valence-corrected chi connectivity index (χ0v) is 14.3. The van der Waals surface area contributed by atoms with Gasteiger partial charge in [-0.25, -0.2) is 13.5 Å². The Balaban J connectivity index is 1.92. The molecule has 0 aliphatic heterocycles. The van der Waals surface area contributed by atoms with Gasteiger partial charge < -0.3 is 0 Å². The minimum Gasteiger partial charge on any atom is -0.231 e. The minimum atomic E-state index is -0.309. The highest BCUT2D eigenvalue weighted by Crippen LogP contribution is 2.31. The Morgan fingerprint density at radius 1 is 0.731 bits per heavy atom. The minimum absolute atomic E-state index is 0.307. The molecule has 2 nitrogen and oxygen atoms in total. The van der Waals surface area contributed by atoms with Gasteiger partial charge in [-0.15, -0.1) is 0 Å². The fraction of sp³-hybridized carbons (Fsp3) is 0. The third-order valence-electron chi connectivity index (χ3n) is 4.07.